The highest BCUT2D eigenvalue weighted by molar-refractivity contribution is 5.96. The Morgan fingerprint density at radius 1 is 1.33 bits per heavy atom. The van der Waals surface area contributed by atoms with Gasteiger partial charge in [0.05, 0.1) is 11.8 Å². The molecule has 0 radical (unpaired) electrons. The van der Waals surface area contributed by atoms with Gasteiger partial charge in [0, 0.05) is 11.8 Å². The maximum Gasteiger partial charge on any atom is 0.255 e. The largest absolute Gasteiger partial charge is 0.468 e. The molecule has 0 atom stereocenters. The predicted molar refractivity (Wildman–Crippen MR) is 86.7 cm³/mol. The Morgan fingerprint density at radius 3 is 2.71 bits per heavy atom. The van der Waals surface area contributed by atoms with E-state index < -0.39 is 5.54 Å². The Labute approximate surface area is 141 Å². The highest BCUT2D eigenvalue weighted by atomic mass is 16.5. The van der Waals surface area contributed by atoms with Crippen molar-refractivity contribution in [2.75, 3.05) is 0 Å². The maximum atomic E-state index is 12.9. The average molecular weight is 329 g/mol. The summed E-state index contributed by atoms with van der Waals surface area (Å²) in [4.78, 5) is 17.4. The monoisotopic (exact) mass is 329 g/mol. The average Bonchev–Trinajstić information content (AvgIpc) is 3.02. The van der Waals surface area contributed by atoms with Crippen LogP contribution in [-0.2, 0) is 5.54 Å². The second-order valence-electron chi connectivity index (χ2n) is 7.33. The lowest BCUT2D eigenvalue weighted by Crippen LogP contribution is -2.44. The van der Waals surface area contributed by atoms with Gasteiger partial charge >= 0.3 is 0 Å². The van der Waals surface area contributed by atoms with Crippen molar-refractivity contribution in [3.8, 4) is 0 Å². The van der Waals surface area contributed by atoms with Crippen molar-refractivity contribution in [1.82, 2.24) is 15.5 Å². The van der Waals surface area contributed by atoms with Crippen LogP contribution in [0.5, 0.6) is 0 Å². The summed E-state index contributed by atoms with van der Waals surface area (Å²) in [5.74, 6) is 2.52. The first-order valence-electron chi connectivity index (χ1n) is 8.83. The van der Waals surface area contributed by atoms with Crippen molar-refractivity contribution in [3.05, 3.63) is 35.4 Å². The van der Waals surface area contributed by atoms with Crippen molar-refractivity contribution in [1.29, 1.82) is 0 Å². The summed E-state index contributed by atoms with van der Waals surface area (Å²) in [5, 5.41) is 7.37. The smallest absolute Gasteiger partial charge is 0.255 e. The fourth-order valence-electron chi connectivity index (χ4n) is 3.50. The molecule has 24 heavy (non-hydrogen) atoms. The van der Waals surface area contributed by atoms with E-state index in [1.807, 2.05) is 13.8 Å². The van der Waals surface area contributed by atoms with Crippen LogP contribution in [0.4, 0.5) is 0 Å². The molecule has 0 unspecified atom stereocenters. The number of nitrogens with one attached hydrogen (secondary N) is 1. The molecule has 0 aromatic carbocycles. The van der Waals surface area contributed by atoms with Crippen LogP contribution in [0.25, 0.3) is 0 Å². The Morgan fingerprint density at radius 2 is 2.08 bits per heavy atom. The number of hydrogen-bond donors (Lipinski definition) is 1. The van der Waals surface area contributed by atoms with Gasteiger partial charge in [-0.3, -0.25) is 4.79 Å². The molecular formula is C18H23N3O3. The molecule has 6 heteroatoms. The van der Waals surface area contributed by atoms with Crippen LogP contribution in [0, 0.1) is 0 Å². The first-order valence-corrected chi connectivity index (χ1v) is 8.83. The van der Waals surface area contributed by atoms with E-state index >= 15 is 0 Å². The van der Waals surface area contributed by atoms with E-state index in [2.05, 4.69) is 15.5 Å². The van der Waals surface area contributed by atoms with E-state index in [1.165, 1.54) is 0 Å². The SMILES string of the molecule is CC(C)c1nc(C2(NC(=O)c3ccoc3C3CC3)CCCC2)no1. The molecule has 2 heterocycles. The molecule has 128 valence electrons. The topological polar surface area (TPSA) is 81.2 Å². The van der Waals surface area contributed by atoms with E-state index in [-0.39, 0.29) is 11.8 Å². The molecule has 2 aliphatic carbocycles. The number of nitrogens with zero attached hydrogens (tertiary/aromatic N) is 2. The van der Waals surface area contributed by atoms with Gasteiger partial charge in [0.1, 0.15) is 11.3 Å². The first kappa shape index (κ1) is 15.4. The number of furan rings is 1. The van der Waals surface area contributed by atoms with Crippen LogP contribution in [0.1, 0.15) is 92.0 Å². The molecule has 2 aromatic heterocycles. The van der Waals surface area contributed by atoms with Gasteiger partial charge in [-0.15, -0.1) is 0 Å². The summed E-state index contributed by atoms with van der Waals surface area (Å²) in [6.07, 6.45) is 7.58. The number of carbonyl (C=O) groups excluding carboxylic acids is 1. The summed E-state index contributed by atoms with van der Waals surface area (Å²) < 4.78 is 10.9. The highest BCUT2D eigenvalue weighted by Gasteiger charge is 2.42. The lowest BCUT2D eigenvalue weighted by Gasteiger charge is -2.26. The van der Waals surface area contributed by atoms with Crippen molar-refractivity contribution in [2.45, 2.75) is 69.7 Å². The van der Waals surface area contributed by atoms with Crippen LogP contribution in [0.2, 0.25) is 0 Å². The molecule has 1 N–H and O–H groups in total. The van der Waals surface area contributed by atoms with Gasteiger partial charge < -0.3 is 14.3 Å². The van der Waals surface area contributed by atoms with Crippen molar-refractivity contribution in [3.63, 3.8) is 0 Å². The number of aromatic nitrogens is 2. The summed E-state index contributed by atoms with van der Waals surface area (Å²) in [5.41, 5.74) is 0.127. The van der Waals surface area contributed by atoms with E-state index in [0.29, 0.717) is 23.2 Å². The molecule has 0 spiro atoms. The minimum absolute atomic E-state index is 0.0940. The third kappa shape index (κ3) is 2.64. The summed E-state index contributed by atoms with van der Waals surface area (Å²) in [7, 11) is 0. The summed E-state index contributed by atoms with van der Waals surface area (Å²) >= 11 is 0. The van der Waals surface area contributed by atoms with E-state index in [0.717, 1.165) is 44.3 Å². The molecule has 6 nitrogen and oxygen atoms in total. The zero-order valence-electron chi connectivity index (χ0n) is 14.2. The van der Waals surface area contributed by atoms with Gasteiger partial charge in [-0.25, -0.2) is 0 Å². The molecule has 0 bridgehead atoms. The number of amides is 1. The molecule has 2 fully saturated rings. The lowest BCUT2D eigenvalue weighted by molar-refractivity contribution is 0.0889. The van der Waals surface area contributed by atoms with Gasteiger partial charge in [0.25, 0.3) is 5.91 Å². The molecule has 2 aliphatic rings. The second kappa shape index (κ2) is 5.76. The van der Waals surface area contributed by atoms with Crippen molar-refractivity contribution >= 4 is 5.91 Å². The molecule has 2 saturated carbocycles. The van der Waals surface area contributed by atoms with E-state index in [1.54, 1.807) is 12.3 Å². The summed E-state index contributed by atoms with van der Waals surface area (Å²) in [6.45, 7) is 4.04. The Balaban J connectivity index is 1.60. The van der Waals surface area contributed by atoms with Gasteiger partial charge in [-0.1, -0.05) is 31.8 Å². The highest BCUT2D eigenvalue weighted by Crippen LogP contribution is 2.43. The first-order chi connectivity index (χ1) is 11.6. The lowest BCUT2D eigenvalue weighted by atomic mass is 9.95. The fraction of sp³-hybridized carbons (Fsp3) is 0.611. The van der Waals surface area contributed by atoms with Crippen LogP contribution < -0.4 is 5.32 Å². The summed E-state index contributed by atoms with van der Waals surface area (Å²) in [6, 6.07) is 1.77. The van der Waals surface area contributed by atoms with Gasteiger partial charge in [0.2, 0.25) is 5.89 Å². The number of carbonyl (C=O) groups is 1. The molecule has 2 aromatic rings. The molecular weight excluding hydrogens is 306 g/mol. The zero-order valence-corrected chi connectivity index (χ0v) is 14.2. The predicted octanol–water partition coefficient (Wildman–Crippen LogP) is 3.86. The van der Waals surface area contributed by atoms with Gasteiger partial charge in [-0.2, -0.15) is 4.98 Å². The third-order valence-electron chi connectivity index (χ3n) is 5.06. The Hall–Kier alpha value is -2.11. The molecule has 0 aliphatic heterocycles. The van der Waals surface area contributed by atoms with E-state index in [4.69, 9.17) is 8.94 Å². The van der Waals surface area contributed by atoms with Crippen LogP contribution >= 0.6 is 0 Å². The number of hydrogen-bond acceptors (Lipinski definition) is 5. The second-order valence-corrected chi connectivity index (χ2v) is 7.33. The van der Waals surface area contributed by atoms with E-state index in [9.17, 15) is 4.79 Å². The van der Waals surface area contributed by atoms with Gasteiger partial charge in [0.15, 0.2) is 5.82 Å². The normalized spacial score (nSPS) is 19.8. The minimum Gasteiger partial charge on any atom is -0.468 e. The van der Waals surface area contributed by atoms with Crippen LogP contribution in [0.15, 0.2) is 21.3 Å². The van der Waals surface area contributed by atoms with Gasteiger partial charge in [-0.05, 0) is 31.7 Å². The standard InChI is InChI=1S/C18H23N3O3/c1-11(2)16-19-17(21-24-16)18(8-3-4-9-18)20-15(22)13-7-10-23-14(13)12-5-6-12/h7,10-12H,3-6,8-9H2,1-2H3,(H,20,22). The molecule has 1 amide bonds. The van der Waals surface area contributed by atoms with Crippen molar-refractivity contribution < 1.29 is 13.7 Å². The zero-order chi connectivity index (χ0) is 16.7. The van der Waals surface area contributed by atoms with Crippen molar-refractivity contribution in [2.24, 2.45) is 0 Å². The Kier molecular flexibility index (Phi) is 3.70. The van der Waals surface area contributed by atoms with Crippen LogP contribution in [-0.4, -0.2) is 16.0 Å². The van der Waals surface area contributed by atoms with Crippen LogP contribution in [0.3, 0.4) is 0 Å². The fourth-order valence-corrected chi connectivity index (χ4v) is 3.50. The molecule has 4 rings (SSSR count). The number of rotatable bonds is 5. The minimum atomic E-state index is -0.522. The quantitative estimate of drug-likeness (QED) is 0.900. The third-order valence-corrected chi connectivity index (χ3v) is 5.06. The molecule has 0 saturated heterocycles. The Bertz CT molecular complexity index is 736. The maximum absolute atomic E-state index is 12.9.